The van der Waals surface area contributed by atoms with Crippen molar-refractivity contribution in [1.29, 1.82) is 0 Å². The third kappa shape index (κ3) is 4.64. The van der Waals surface area contributed by atoms with Crippen LogP contribution >= 0.6 is 0 Å². The zero-order valence-corrected chi connectivity index (χ0v) is 19.0. The van der Waals surface area contributed by atoms with Crippen LogP contribution in [0.15, 0.2) is 95.2 Å². The van der Waals surface area contributed by atoms with E-state index >= 15 is 0 Å². The minimum atomic E-state index is 0.437. The molecular weight excluding hydrogens is 372 g/mol. The van der Waals surface area contributed by atoms with E-state index in [1.807, 2.05) is 0 Å². The Morgan fingerprint density at radius 1 is 0.806 bits per heavy atom. The van der Waals surface area contributed by atoms with Gasteiger partial charge in [-0.15, -0.1) is 0 Å². The summed E-state index contributed by atoms with van der Waals surface area (Å²) in [6.07, 6.45) is 30.5. The van der Waals surface area contributed by atoms with Crippen LogP contribution in [-0.4, -0.2) is 0 Å². The first-order chi connectivity index (χ1) is 15.3. The van der Waals surface area contributed by atoms with E-state index in [0.717, 1.165) is 18.3 Å². The maximum atomic E-state index is 2.40. The van der Waals surface area contributed by atoms with E-state index in [2.05, 4.69) is 79.8 Å². The molecule has 0 aliphatic heterocycles. The highest BCUT2D eigenvalue weighted by molar-refractivity contribution is 5.60. The van der Waals surface area contributed by atoms with Gasteiger partial charge in [-0.25, -0.2) is 0 Å². The molecule has 4 aliphatic carbocycles. The van der Waals surface area contributed by atoms with E-state index in [0.29, 0.717) is 5.92 Å². The zero-order chi connectivity index (χ0) is 21.0. The van der Waals surface area contributed by atoms with E-state index in [-0.39, 0.29) is 0 Å². The van der Waals surface area contributed by atoms with E-state index in [1.54, 1.807) is 0 Å². The molecule has 1 unspecified atom stereocenters. The molecule has 1 fully saturated rings. The Labute approximate surface area is 188 Å². The second-order valence-electron chi connectivity index (χ2n) is 9.93. The van der Waals surface area contributed by atoms with Gasteiger partial charge < -0.3 is 0 Å². The highest BCUT2D eigenvalue weighted by Gasteiger charge is 2.26. The minimum Gasteiger partial charge on any atom is -0.0836 e. The lowest BCUT2D eigenvalue weighted by molar-refractivity contribution is 0.268. The molecule has 0 amide bonds. The lowest BCUT2D eigenvalue weighted by Gasteiger charge is -2.28. The lowest BCUT2D eigenvalue weighted by atomic mass is 9.78. The van der Waals surface area contributed by atoms with E-state index in [9.17, 15) is 0 Å². The van der Waals surface area contributed by atoms with E-state index < -0.39 is 0 Å². The van der Waals surface area contributed by atoms with Crippen LogP contribution < -0.4 is 0 Å². The number of allylic oxidation sites excluding steroid dienone is 12. The summed E-state index contributed by atoms with van der Waals surface area (Å²) in [5, 5.41) is 0. The molecule has 0 N–H and O–H groups in total. The van der Waals surface area contributed by atoms with Gasteiger partial charge in [0.25, 0.3) is 0 Å². The Morgan fingerprint density at radius 3 is 2.32 bits per heavy atom. The number of hydrogen-bond donors (Lipinski definition) is 0. The molecule has 1 saturated carbocycles. The van der Waals surface area contributed by atoms with Crippen molar-refractivity contribution in [3.63, 3.8) is 0 Å². The monoisotopic (exact) mass is 408 g/mol. The molecule has 4 aliphatic rings. The van der Waals surface area contributed by atoms with Crippen molar-refractivity contribution in [3.8, 4) is 0 Å². The van der Waals surface area contributed by atoms with Gasteiger partial charge in [-0.3, -0.25) is 0 Å². The molecule has 0 bridgehead atoms. The summed E-state index contributed by atoms with van der Waals surface area (Å²) in [5.41, 5.74) is 8.82. The first kappa shape index (κ1) is 20.6. The molecule has 160 valence electrons. The van der Waals surface area contributed by atoms with Crippen LogP contribution in [-0.2, 0) is 12.8 Å². The van der Waals surface area contributed by atoms with Crippen molar-refractivity contribution in [2.45, 2.75) is 64.7 Å². The van der Waals surface area contributed by atoms with Gasteiger partial charge in [0.15, 0.2) is 0 Å². The summed E-state index contributed by atoms with van der Waals surface area (Å²) in [4.78, 5) is 0. The molecule has 0 spiro atoms. The molecule has 1 aromatic carbocycles. The van der Waals surface area contributed by atoms with Gasteiger partial charge in [-0.2, -0.15) is 0 Å². The highest BCUT2D eigenvalue weighted by atomic mass is 14.3. The Hall–Kier alpha value is -2.34. The Bertz CT molecular complexity index is 965. The smallest absolute Gasteiger partial charge is 0.0281 e. The number of fused-ring (bicyclic) bond motifs is 1. The average Bonchev–Trinajstić information content (AvgIpc) is 3.32. The minimum absolute atomic E-state index is 0.437. The van der Waals surface area contributed by atoms with Crippen LogP contribution in [0.1, 0.15) is 63.0 Å². The molecule has 0 nitrogen and oxygen atoms in total. The van der Waals surface area contributed by atoms with Crippen molar-refractivity contribution >= 4 is 0 Å². The van der Waals surface area contributed by atoms with Crippen LogP contribution in [0.2, 0.25) is 0 Å². The van der Waals surface area contributed by atoms with Crippen LogP contribution in [0.5, 0.6) is 0 Å². The van der Waals surface area contributed by atoms with Crippen molar-refractivity contribution in [3.05, 3.63) is 106 Å². The van der Waals surface area contributed by atoms with Gasteiger partial charge in [0.1, 0.15) is 0 Å². The summed E-state index contributed by atoms with van der Waals surface area (Å²) < 4.78 is 0. The van der Waals surface area contributed by atoms with Crippen LogP contribution in [0.4, 0.5) is 0 Å². The first-order valence-electron chi connectivity index (χ1n) is 12.5. The van der Waals surface area contributed by atoms with Crippen LogP contribution in [0, 0.1) is 17.8 Å². The van der Waals surface area contributed by atoms with Crippen molar-refractivity contribution < 1.29 is 0 Å². The maximum Gasteiger partial charge on any atom is 0.0281 e. The molecular formula is C31H36. The van der Waals surface area contributed by atoms with Crippen molar-refractivity contribution in [2.75, 3.05) is 0 Å². The fraction of sp³-hybridized carbons (Fsp3) is 0.419. The molecule has 1 aromatic rings. The molecule has 1 atom stereocenters. The topological polar surface area (TPSA) is 0 Å². The molecule has 0 radical (unpaired) electrons. The third-order valence-electron chi connectivity index (χ3n) is 7.90. The van der Waals surface area contributed by atoms with Gasteiger partial charge in [-0.1, -0.05) is 99.1 Å². The van der Waals surface area contributed by atoms with Crippen molar-refractivity contribution in [2.24, 2.45) is 17.8 Å². The van der Waals surface area contributed by atoms with Gasteiger partial charge >= 0.3 is 0 Å². The van der Waals surface area contributed by atoms with Gasteiger partial charge in [0.2, 0.25) is 0 Å². The second-order valence-corrected chi connectivity index (χ2v) is 9.93. The maximum absolute atomic E-state index is 2.40. The summed E-state index contributed by atoms with van der Waals surface area (Å²) in [7, 11) is 0. The largest absolute Gasteiger partial charge is 0.0836 e. The van der Waals surface area contributed by atoms with Crippen molar-refractivity contribution in [1.82, 2.24) is 0 Å². The fourth-order valence-electron chi connectivity index (χ4n) is 5.90. The molecule has 0 aromatic heterocycles. The number of hydrogen-bond acceptors (Lipinski definition) is 0. The third-order valence-corrected chi connectivity index (χ3v) is 7.90. The van der Waals surface area contributed by atoms with Gasteiger partial charge in [0.05, 0.1) is 0 Å². The van der Waals surface area contributed by atoms with Gasteiger partial charge in [-0.05, 0) is 83.8 Å². The predicted molar refractivity (Wildman–Crippen MR) is 133 cm³/mol. The molecule has 0 heteroatoms. The molecule has 5 rings (SSSR count). The first-order valence-corrected chi connectivity index (χ1v) is 12.5. The molecule has 31 heavy (non-hydrogen) atoms. The van der Waals surface area contributed by atoms with E-state index in [1.165, 1.54) is 84.8 Å². The Morgan fingerprint density at radius 2 is 1.58 bits per heavy atom. The summed E-state index contributed by atoms with van der Waals surface area (Å²) in [6, 6.07) is 9.53. The normalized spacial score (nSPS) is 27.3. The predicted octanol–water partition coefficient (Wildman–Crippen LogP) is 8.24. The Balaban J connectivity index is 1.25. The second kappa shape index (κ2) is 9.43. The van der Waals surface area contributed by atoms with E-state index in [4.69, 9.17) is 0 Å². The highest BCUT2D eigenvalue weighted by Crippen LogP contribution is 2.41. The lowest BCUT2D eigenvalue weighted by Crippen LogP contribution is -2.15. The number of benzene rings is 1. The summed E-state index contributed by atoms with van der Waals surface area (Å²) in [5.74, 6) is 2.33. The SMILES string of the molecule is CCC1CCC(Cc2ccc(CC3=CC=C(C4=CCCC=C4)C4C=CC=C34)cc2)CC1. The molecule has 0 saturated heterocycles. The standard InChI is InChI=1S/C31H36/c1-2-23-11-13-24(14-12-23)21-25-15-17-26(18-16-25)22-28-19-20-30(27-7-4-3-5-8-27)31-10-6-9-29(28)31/h4,6-10,15-20,23-24,31H,2-3,5,11-14,21-22H2,1H3. The summed E-state index contributed by atoms with van der Waals surface area (Å²) >= 11 is 0. The van der Waals surface area contributed by atoms with Crippen LogP contribution in [0.25, 0.3) is 0 Å². The Kier molecular flexibility index (Phi) is 6.25. The fourth-order valence-corrected chi connectivity index (χ4v) is 5.90. The number of rotatable bonds is 6. The van der Waals surface area contributed by atoms with Gasteiger partial charge in [0, 0.05) is 5.92 Å². The quantitative estimate of drug-likeness (QED) is 0.444. The summed E-state index contributed by atoms with van der Waals surface area (Å²) in [6.45, 7) is 2.35. The average molecular weight is 409 g/mol. The zero-order valence-electron chi connectivity index (χ0n) is 19.0. The van der Waals surface area contributed by atoms with Crippen LogP contribution in [0.3, 0.4) is 0 Å². The molecule has 0 heterocycles.